The Balaban J connectivity index is 2.17. The van der Waals surface area contributed by atoms with Crippen molar-refractivity contribution >= 4 is 17.0 Å². The fraction of sp³-hybridized carbons (Fsp3) is 0.273. The van der Waals surface area contributed by atoms with Crippen LogP contribution in [0.3, 0.4) is 0 Å². The first kappa shape index (κ1) is 11.0. The first-order valence-electron chi connectivity index (χ1n) is 4.89. The van der Waals surface area contributed by atoms with E-state index in [2.05, 4.69) is 10.2 Å². The smallest absolute Gasteiger partial charge is 0.146 e. The minimum Gasteiger partial charge on any atom is -0.365 e. The normalized spacial score (nSPS) is 10.4. The number of hydrogen-bond donors (Lipinski definition) is 0. The maximum absolute atomic E-state index is 13.7. The van der Waals surface area contributed by atoms with Crippen LogP contribution < -0.4 is 4.90 Å². The molecule has 0 radical (unpaired) electrons. The molecule has 0 atom stereocenters. The second kappa shape index (κ2) is 4.57. The Labute approximate surface area is 97.6 Å². The molecule has 0 saturated carbocycles. The van der Waals surface area contributed by atoms with E-state index < -0.39 is 0 Å². The van der Waals surface area contributed by atoms with Crippen molar-refractivity contribution in [1.29, 1.82) is 0 Å². The monoisotopic (exact) mass is 237 g/mol. The van der Waals surface area contributed by atoms with E-state index in [0.717, 1.165) is 10.6 Å². The molecule has 0 aliphatic rings. The summed E-state index contributed by atoms with van der Waals surface area (Å²) in [6.07, 6.45) is 0. The Bertz CT molecular complexity index is 470. The van der Waals surface area contributed by atoms with Gasteiger partial charge in [0.15, 0.2) is 0 Å². The van der Waals surface area contributed by atoms with Gasteiger partial charge in [-0.05, 0) is 24.6 Å². The van der Waals surface area contributed by atoms with E-state index in [1.54, 1.807) is 11.6 Å². The van der Waals surface area contributed by atoms with Crippen LogP contribution in [0.4, 0.5) is 10.1 Å². The molecule has 5 heteroatoms. The molecule has 1 aromatic heterocycles. The number of nitrogens with zero attached hydrogens (tertiary/aromatic N) is 3. The minimum atomic E-state index is -0.202. The third-order valence-electron chi connectivity index (χ3n) is 2.29. The molecule has 0 spiro atoms. The topological polar surface area (TPSA) is 29.0 Å². The third kappa shape index (κ3) is 2.36. The van der Waals surface area contributed by atoms with Crippen LogP contribution in [0.2, 0.25) is 0 Å². The number of hydrogen-bond acceptors (Lipinski definition) is 4. The molecule has 0 aliphatic carbocycles. The predicted molar refractivity (Wildman–Crippen MR) is 63.2 cm³/mol. The molecule has 84 valence electrons. The Morgan fingerprint density at radius 1 is 1.44 bits per heavy atom. The van der Waals surface area contributed by atoms with Crippen LogP contribution in [-0.4, -0.2) is 17.2 Å². The molecule has 2 aromatic rings. The van der Waals surface area contributed by atoms with Gasteiger partial charge in [-0.2, -0.15) is 0 Å². The fourth-order valence-corrected chi connectivity index (χ4v) is 2.05. The molecule has 0 unspecified atom stereocenters. The Morgan fingerprint density at radius 3 is 2.88 bits per heavy atom. The number of halogens is 1. The molecule has 16 heavy (non-hydrogen) atoms. The minimum absolute atomic E-state index is 0.202. The van der Waals surface area contributed by atoms with Crippen molar-refractivity contribution in [2.45, 2.75) is 13.5 Å². The van der Waals surface area contributed by atoms with Crippen molar-refractivity contribution in [3.8, 4) is 0 Å². The van der Waals surface area contributed by atoms with Gasteiger partial charge in [-0.25, -0.2) is 4.39 Å². The van der Waals surface area contributed by atoms with Gasteiger partial charge in [0, 0.05) is 7.05 Å². The number of rotatable bonds is 3. The highest BCUT2D eigenvalue weighted by Gasteiger charge is 2.09. The maximum Gasteiger partial charge on any atom is 0.146 e. The highest BCUT2D eigenvalue weighted by molar-refractivity contribution is 7.09. The van der Waals surface area contributed by atoms with Crippen LogP contribution in [0.15, 0.2) is 23.7 Å². The van der Waals surface area contributed by atoms with Gasteiger partial charge in [-0.1, -0.05) is 6.07 Å². The van der Waals surface area contributed by atoms with E-state index in [4.69, 9.17) is 0 Å². The Kier molecular flexibility index (Phi) is 3.14. The second-order valence-electron chi connectivity index (χ2n) is 3.64. The van der Waals surface area contributed by atoms with Crippen LogP contribution in [0, 0.1) is 12.7 Å². The molecule has 0 aliphatic heterocycles. The zero-order chi connectivity index (χ0) is 11.5. The van der Waals surface area contributed by atoms with E-state index in [0.29, 0.717) is 12.2 Å². The van der Waals surface area contributed by atoms with Crippen molar-refractivity contribution in [3.05, 3.63) is 40.1 Å². The lowest BCUT2D eigenvalue weighted by Crippen LogP contribution is -2.17. The molecule has 0 fully saturated rings. The second-order valence-corrected chi connectivity index (χ2v) is 4.56. The van der Waals surface area contributed by atoms with Crippen molar-refractivity contribution in [2.75, 3.05) is 11.9 Å². The van der Waals surface area contributed by atoms with E-state index in [1.165, 1.54) is 17.4 Å². The maximum atomic E-state index is 13.7. The summed E-state index contributed by atoms with van der Waals surface area (Å²) in [4.78, 5) is 1.83. The fourth-order valence-electron chi connectivity index (χ4n) is 1.47. The van der Waals surface area contributed by atoms with E-state index in [9.17, 15) is 4.39 Å². The van der Waals surface area contributed by atoms with Gasteiger partial charge >= 0.3 is 0 Å². The number of anilines is 1. The lowest BCUT2D eigenvalue weighted by Gasteiger charge is -2.18. The largest absolute Gasteiger partial charge is 0.365 e. The first-order chi connectivity index (χ1) is 7.66. The number of aryl methyl sites for hydroxylation is 1. The van der Waals surface area contributed by atoms with Crippen LogP contribution in [-0.2, 0) is 6.54 Å². The summed E-state index contributed by atoms with van der Waals surface area (Å²) in [7, 11) is 1.84. The summed E-state index contributed by atoms with van der Waals surface area (Å²) in [6.45, 7) is 2.45. The molecule has 2 rings (SSSR count). The standard InChI is InChI=1S/C11H12FN3S/c1-8-3-4-10(9(12)5-8)15(2)6-11-14-13-7-16-11/h3-5,7H,6H2,1-2H3. The van der Waals surface area contributed by atoms with Crippen molar-refractivity contribution < 1.29 is 4.39 Å². The number of benzene rings is 1. The van der Waals surface area contributed by atoms with Gasteiger partial charge in [0.05, 0.1) is 12.2 Å². The average Bonchev–Trinajstić information content (AvgIpc) is 2.70. The summed E-state index contributed by atoms with van der Waals surface area (Å²) >= 11 is 1.47. The Morgan fingerprint density at radius 2 is 2.25 bits per heavy atom. The molecule has 0 saturated heterocycles. The molecule has 1 aromatic carbocycles. The third-order valence-corrected chi connectivity index (χ3v) is 2.97. The molecule has 0 amide bonds. The van der Waals surface area contributed by atoms with Crippen LogP contribution in [0.25, 0.3) is 0 Å². The zero-order valence-corrected chi connectivity index (χ0v) is 9.96. The first-order valence-corrected chi connectivity index (χ1v) is 5.77. The molecule has 1 heterocycles. The summed E-state index contributed by atoms with van der Waals surface area (Å²) in [5, 5.41) is 8.56. The number of aromatic nitrogens is 2. The van der Waals surface area contributed by atoms with E-state index >= 15 is 0 Å². The summed E-state index contributed by atoms with van der Waals surface area (Å²) in [6, 6.07) is 5.21. The van der Waals surface area contributed by atoms with Gasteiger partial charge in [0.2, 0.25) is 0 Å². The molecule has 0 bridgehead atoms. The van der Waals surface area contributed by atoms with Crippen molar-refractivity contribution in [2.24, 2.45) is 0 Å². The van der Waals surface area contributed by atoms with E-state index in [1.807, 2.05) is 24.9 Å². The quantitative estimate of drug-likeness (QED) is 0.821. The van der Waals surface area contributed by atoms with Crippen LogP contribution >= 0.6 is 11.3 Å². The summed E-state index contributed by atoms with van der Waals surface area (Å²) in [5.41, 5.74) is 3.18. The Hall–Kier alpha value is -1.49. The SMILES string of the molecule is Cc1ccc(N(C)Cc2nncs2)c(F)c1. The molecular weight excluding hydrogens is 225 g/mol. The molecule has 0 N–H and O–H groups in total. The molecular formula is C11H12FN3S. The lowest BCUT2D eigenvalue weighted by molar-refractivity contribution is 0.621. The van der Waals surface area contributed by atoms with Gasteiger partial charge in [-0.15, -0.1) is 21.5 Å². The lowest BCUT2D eigenvalue weighted by atomic mass is 10.2. The van der Waals surface area contributed by atoms with Crippen LogP contribution in [0.5, 0.6) is 0 Å². The van der Waals surface area contributed by atoms with Crippen molar-refractivity contribution in [3.63, 3.8) is 0 Å². The summed E-state index contributed by atoms with van der Waals surface area (Å²) < 4.78 is 13.7. The van der Waals surface area contributed by atoms with Gasteiger partial charge in [-0.3, -0.25) is 0 Å². The average molecular weight is 237 g/mol. The van der Waals surface area contributed by atoms with Gasteiger partial charge in [0.25, 0.3) is 0 Å². The van der Waals surface area contributed by atoms with E-state index in [-0.39, 0.29) is 5.82 Å². The highest BCUT2D eigenvalue weighted by Crippen LogP contribution is 2.21. The molecule has 3 nitrogen and oxygen atoms in total. The predicted octanol–water partition coefficient (Wildman–Crippen LogP) is 2.62. The van der Waals surface area contributed by atoms with Crippen molar-refractivity contribution in [1.82, 2.24) is 10.2 Å². The highest BCUT2D eigenvalue weighted by atomic mass is 32.1. The zero-order valence-electron chi connectivity index (χ0n) is 9.14. The van der Waals surface area contributed by atoms with Gasteiger partial charge in [0.1, 0.15) is 16.3 Å². The summed E-state index contributed by atoms with van der Waals surface area (Å²) in [5.74, 6) is -0.202. The van der Waals surface area contributed by atoms with Crippen LogP contribution in [0.1, 0.15) is 10.6 Å². The van der Waals surface area contributed by atoms with Gasteiger partial charge < -0.3 is 4.90 Å².